The Labute approximate surface area is 201 Å². The number of carbonyl (C=O) groups excluding carboxylic acids is 3. The van der Waals surface area contributed by atoms with Crippen molar-refractivity contribution in [3.8, 4) is 0 Å². The summed E-state index contributed by atoms with van der Waals surface area (Å²) in [6.45, 7) is 8.86. The van der Waals surface area contributed by atoms with Crippen LogP contribution in [0.15, 0.2) is 24.3 Å². The zero-order valence-electron chi connectivity index (χ0n) is 16.4. The van der Waals surface area contributed by atoms with Gasteiger partial charge < -0.3 is 23.2 Å². The first kappa shape index (κ1) is 32.1. The molecule has 0 unspecified atom stereocenters. The maximum atomic E-state index is 11.6. The van der Waals surface area contributed by atoms with Crippen LogP contribution in [0.5, 0.6) is 0 Å². The smallest absolute Gasteiger partial charge is 0.463 e. The predicted molar refractivity (Wildman–Crippen MR) is 98.0 cm³/mol. The number of anilines is 1. The van der Waals surface area contributed by atoms with Crippen molar-refractivity contribution in [1.82, 2.24) is 0 Å². The van der Waals surface area contributed by atoms with Gasteiger partial charge in [0.05, 0.1) is 0 Å². The molecule has 1 aromatic rings. The maximum Gasteiger partial charge on any atom is 1.00 e. The number of ether oxygens (including phenoxy) is 1. The van der Waals surface area contributed by atoms with Crippen molar-refractivity contribution >= 4 is 24.5 Å². The van der Waals surface area contributed by atoms with Crippen LogP contribution in [0.1, 0.15) is 46.1 Å². The molecule has 0 heterocycles. The van der Waals surface area contributed by atoms with Crippen LogP contribution in [0.2, 0.25) is 0 Å². The molecular weight excluding hydrogens is 394 g/mol. The Bertz CT molecular complexity index is 437. The van der Waals surface area contributed by atoms with E-state index in [4.69, 9.17) is 4.79 Å². The number of benzene rings is 1. The number of primary amides is 1. The van der Waals surface area contributed by atoms with Crippen molar-refractivity contribution < 1.29 is 77.3 Å². The van der Waals surface area contributed by atoms with E-state index in [1.807, 2.05) is 26.0 Å². The largest absolute Gasteiger partial charge is 1.00 e. The fraction of sp³-hybridized carbons (Fsp3) is 0.444. The molecule has 0 saturated heterocycles. The molecule has 0 aliphatic carbocycles. The van der Waals surface area contributed by atoms with Crippen molar-refractivity contribution in [1.29, 1.82) is 0 Å². The Hall–Kier alpha value is -0.565. The second kappa shape index (κ2) is 23.4. The molecule has 0 aromatic heterocycles. The number of hydrogen-bond acceptors (Lipinski definition) is 4. The van der Waals surface area contributed by atoms with Crippen LogP contribution in [0.4, 0.5) is 5.69 Å². The molecule has 1 aromatic carbocycles. The minimum Gasteiger partial charge on any atom is -0.463 e. The van der Waals surface area contributed by atoms with Gasteiger partial charge in [-0.3, -0.25) is 14.4 Å². The first-order valence-electron chi connectivity index (χ1n) is 7.62. The minimum absolute atomic E-state index is 0. The van der Waals surface area contributed by atoms with Gasteiger partial charge >= 0.3 is 58.2 Å². The molecule has 6 nitrogen and oxygen atoms in total. The zero-order chi connectivity index (χ0) is 18.1. The maximum absolute atomic E-state index is 11.6. The number of amides is 2. The van der Waals surface area contributed by atoms with E-state index in [-0.39, 0.29) is 84.5 Å². The topological polar surface area (TPSA) is 98.5 Å². The van der Waals surface area contributed by atoms with Gasteiger partial charge in [-0.1, -0.05) is 39.8 Å². The van der Waals surface area contributed by atoms with Gasteiger partial charge in [0.2, 0.25) is 12.3 Å². The minimum atomic E-state index is 0. The fourth-order valence-electron chi connectivity index (χ4n) is 1.46. The monoisotopic (exact) mass is 424 g/mol. The zero-order valence-corrected chi connectivity index (χ0v) is 21.3. The molecule has 0 atom stereocenters. The molecule has 0 radical (unpaired) electrons. The summed E-state index contributed by atoms with van der Waals surface area (Å²) >= 11 is 0. The summed E-state index contributed by atoms with van der Waals surface area (Å²) in [5, 5.41) is 2.83. The van der Waals surface area contributed by atoms with Gasteiger partial charge in [0.1, 0.15) is 6.61 Å². The first-order valence-corrected chi connectivity index (χ1v) is 7.62. The average Bonchev–Trinajstić information content (AvgIpc) is 2.55. The van der Waals surface area contributed by atoms with E-state index in [0.29, 0.717) is 18.8 Å². The summed E-state index contributed by atoms with van der Waals surface area (Å²) in [6.07, 6.45) is 1.67. The van der Waals surface area contributed by atoms with Crippen molar-refractivity contribution in [2.45, 2.75) is 47.1 Å². The van der Waals surface area contributed by atoms with E-state index in [1.54, 1.807) is 12.1 Å². The fourth-order valence-corrected chi connectivity index (χ4v) is 1.46. The van der Waals surface area contributed by atoms with Crippen LogP contribution in [-0.4, -0.2) is 18.8 Å². The molecular formula is C18H31N2O4Rb. The first-order chi connectivity index (χ1) is 11.0. The second-order valence-corrected chi connectivity index (χ2v) is 4.72. The summed E-state index contributed by atoms with van der Waals surface area (Å²) in [4.78, 5) is 30.2. The molecule has 0 fully saturated rings. The van der Waals surface area contributed by atoms with Crippen LogP contribution in [-0.2, 0) is 25.7 Å². The molecule has 0 bridgehead atoms. The molecule has 1 rings (SSSR count). The van der Waals surface area contributed by atoms with Gasteiger partial charge in [-0.05, 0) is 30.0 Å². The number of nitrogens with one attached hydrogen (secondary N) is 1. The van der Waals surface area contributed by atoms with Gasteiger partial charge in [0.25, 0.3) is 6.47 Å². The van der Waals surface area contributed by atoms with E-state index in [9.17, 15) is 9.59 Å². The second-order valence-electron chi connectivity index (χ2n) is 4.72. The number of carbonyl (C=O) groups is 3. The molecule has 0 spiro atoms. The van der Waals surface area contributed by atoms with E-state index >= 15 is 0 Å². The van der Waals surface area contributed by atoms with Crippen molar-refractivity contribution in [3.63, 3.8) is 0 Å². The molecule has 0 saturated carbocycles. The standard InChI is InChI=1S/C14H19NO3.C2H6.CH3NO.CH3.Rb/c1-11(2)3-8-14(17)15-13-6-4-12(5-7-13)9-18-10-16;1-2;2-1-3;;/h4-7,10-11H,3,8-9H2,1-2H3,(H,15,17);1-2H3;1H,(H2,2,3);1H3;/q;;;-1;+1. The van der Waals surface area contributed by atoms with Crippen molar-refractivity contribution in [2.24, 2.45) is 11.7 Å². The Morgan fingerprint density at radius 3 is 2.08 bits per heavy atom. The molecule has 25 heavy (non-hydrogen) atoms. The quantitative estimate of drug-likeness (QED) is 0.486. The predicted octanol–water partition coefficient (Wildman–Crippen LogP) is 0.316. The Morgan fingerprint density at radius 1 is 1.20 bits per heavy atom. The molecule has 7 heteroatoms. The molecule has 138 valence electrons. The van der Waals surface area contributed by atoms with E-state index in [0.717, 1.165) is 17.7 Å². The van der Waals surface area contributed by atoms with Gasteiger partial charge in [0, 0.05) is 12.1 Å². The Kier molecular flexibility index (Phi) is 30.1. The van der Waals surface area contributed by atoms with Crippen LogP contribution in [0.25, 0.3) is 0 Å². The van der Waals surface area contributed by atoms with Gasteiger partial charge in [0.15, 0.2) is 0 Å². The molecule has 3 N–H and O–H groups in total. The normalized spacial score (nSPS) is 8.04. The van der Waals surface area contributed by atoms with Crippen molar-refractivity contribution in [3.05, 3.63) is 37.3 Å². The summed E-state index contributed by atoms with van der Waals surface area (Å²) in [5.74, 6) is 0.555. The van der Waals surface area contributed by atoms with Crippen LogP contribution in [0.3, 0.4) is 0 Å². The van der Waals surface area contributed by atoms with E-state index < -0.39 is 0 Å². The average molecular weight is 425 g/mol. The summed E-state index contributed by atoms with van der Waals surface area (Å²) in [7, 11) is 0. The Balaban J connectivity index is -0.000000284. The third kappa shape index (κ3) is 21.4. The van der Waals surface area contributed by atoms with Crippen LogP contribution < -0.4 is 69.2 Å². The van der Waals surface area contributed by atoms with Crippen LogP contribution >= 0.6 is 0 Å². The summed E-state index contributed by atoms with van der Waals surface area (Å²) in [6, 6.07) is 7.25. The van der Waals surface area contributed by atoms with Crippen LogP contribution in [0, 0.1) is 13.3 Å². The molecule has 0 aliphatic rings. The molecule has 0 aliphatic heterocycles. The van der Waals surface area contributed by atoms with Gasteiger partial charge in [-0.25, -0.2) is 0 Å². The van der Waals surface area contributed by atoms with E-state index in [2.05, 4.69) is 29.6 Å². The number of nitrogens with two attached hydrogens (primary N) is 1. The summed E-state index contributed by atoms with van der Waals surface area (Å²) < 4.78 is 4.64. The SMILES string of the molecule is CC.CC(C)CCC(=O)Nc1ccc(COC=O)cc1.NC=O.[CH3-].[Rb+]. The van der Waals surface area contributed by atoms with E-state index in [1.165, 1.54) is 0 Å². The molecule has 2 amide bonds. The Morgan fingerprint density at radius 2 is 1.68 bits per heavy atom. The number of rotatable bonds is 7. The summed E-state index contributed by atoms with van der Waals surface area (Å²) in [5.41, 5.74) is 5.82. The van der Waals surface area contributed by atoms with Crippen molar-refractivity contribution in [2.75, 3.05) is 5.32 Å². The van der Waals surface area contributed by atoms with Gasteiger partial charge in [-0.15, -0.1) is 0 Å². The van der Waals surface area contributed by atoms with Gasteiger partial charge in [-0.2, -0.15) is 0 Å². The third-order valence-corrected chi connectivity index (χ3v) is 2.50. The third-order valence-electron chi connectivity index (χ3n) is 2.50. The number of hydrogen-bond donors (Lipinski definition) is 2.